The van der Waals surface area contributed by atoms with E-state index in [-0.39, 0.29) is 17.1 Å². The minimum absolute atomic E-state index is 0.110. The minimum atomic E-state index is -0.401. The molecule has 3 saturated heterocycles. The van der Waals surface area contributed by atoms with Crippen LogP contribution in [0, 0.1) is 5.82 Å². The Labute approximate surface area is 131 Å². The van der Waals surface area contributed by atoms with E-state index in [0.717, 1.165) is 32.7 Å². The molecule has 1 aromatic carbocycles. The number of hydrogen-bond acceptors (Lipinski definition) is 4. The monoisotopic (exact) mass is 362 g/mol. The van der Waals surface area contributed by atoms with Gasteiger partial charge in [-0.15, -0.1) is 0 Å². The van der Waals surface area contributed by atoms with Crippen molar-refractivity contribution in [3.63, 3.8) is 0 Å². The Hall–Kier alpha value is -0.240. The molecule has 0 aromatic heterocycles. The summed E-state index contributed by atoms with van der Waals surface area (Å²) in [5.74, 6) is 5.31. The molecule has 110 valence electrons. The largest absolute Gasteiger partial charge is 0.299 e. The van der Waals surface area contributed by atoms with Gasteiger partial charge in [-0.1, -0.05) is 17.7 Å². The van der Waals surface area contributed by atoms with Gasteiger partial charge in [0.1, 0.15) is 5.82 Å². The van der Waals surface area contributed by atoms with Crippen LogP contribution < -0.4 is 11.3 Å². The van der Waals surface area contributed by atoms with Gasteiger partial charge in [0.05, 0.1) is 11.1 Å². The summed E-state index contributed by atoms with van der Waals surface area (Å²) in [5.41, 5.74) is 3.31. The van der Waals surface area contributed by atoms with E-state index in [1.807, 2.05) is 0 Å². The fraction of sp³-hybridized carbons (Fsp3) is 0.538. The van der Waals surface area contributed by atoms with Crippen molar-refractivity contribution in [1.82, 2.24) is 15.2 Å². The molecule has 3 aliphatic rings. The van der Waals surface area contributed by atoms with Gasteiger partial charge >= 0.3 is 0 Å². The lowest BCUT2D eigenvalue weighted by Crippen LogP contribution is -2.64. The van der Waals surface area contributed by atoms with Crippen molar-refractivity contribution in [2.75, 3.05) is 32.7 Å². The molecule has 0 radical (unpaired) electrons. The molecule has 4 nitrogen and oxygen atoms in total. The predicted molar refractivity (Wildman–Crippen MR) is 81.0 cm³/mol. The number of rotatable bonds is 3. The van der Waals surface area contributed by atoms with Crippen LogP contribution in [-0.4, -0.2) is 48.6 Å². The summed E-state index contributed by atoms with van der Waals surface area (Å²) >= 11 is 9.22. The third-order valence-electron chi connectivity index (χ3n) is 4.29. The van der Waals surface area contributed by atoms with Crippen LogP contribution in [0.1, 0.15) is 11.6 Å². The summed E-state index contributed by atoms with van der Waals surface area (Å²) in [6.07, 6.45) is 0. The molecule has 0 spiro atoms. The van der Waals surface area contributed by atoms with Gasteiger partial charge in [0.25, 0.3) is 0 Å². The van der Waals surface area contributed by atoms with Crippen molar-refractivity contribution in [3.8, 4) is 0 Å². The van der Waals surface area contributed by atoms with Crippen LogP contribution >= 0.6 is 27.5 Å². The first-order chi connectivity index (χ1) is 9.61. The Kier molecular flexibility index (Phi) is 4.31. The number of halogens is 3. The average Bonchev–Trinajstić information content (AvgIpc) is 2.49. The third kappa shape index (κ3) is 2.49. The van der Waals surface area contributed by atoms with Crippen LogP contribution in [0.25, 0.3) is 0 Å². The van der Waals surface area contributed by atoms with Crippen molar-refractivity contribution in [2.45, 2.75) is 12.1 Å². The highest BCUT2D eigenvalue weighted by Gasteiger charge is 2.38. The minimum Gasteiger partial charge on any atom is -0.299 e. The van der Waals surface area contributed by atoms with Crippen LogP contribution in [0.15, 0.2) is 16.6 Å². The molecule has 3 heterocycles. The van der Waals surface area contributed by atoms with E-state index in [1.54, 1.807) is 12.1 Å². The highest BCUT2D eigenvalue weighted by atomic mass is 79.9. The SMILES string of the molecule is NNC(c1ccc(Br)c(Cl)c1F)C1CN2CCN1CC2. The molecule has 2 unspecified atom stereocenters. The zero-order valence-electron chi connectivity index (χ0n) is 11.0. The van der Waals surface area contributed by atoms with E-state index in [9.17, 15) is 4.39 Å². The van der Waals surface area contributed by atoms with Crippen molar-refractivity contribution in [1.29, 1.82) is 0 Å². The number of piperazine rings is 3. The maximum Gasteiger partial charge on any atom is 0.147 e. The molecular formula is C13H17BrClFN4. The van der Waals surface area contributed by atoms with Gasteiger partial charge in [-0.05, 0) is 22.0 Å². The average molecular weight is 364 g/mol. The topological polar surface area (TPSA) is 44.5 Å². The smallest absolute Gasteiger partial charge is 0.147 e. The van der Waals surface area contributed by atoms with Gasteiger partial charge in [-0.2, -0.15) is 0 Å². The van der Waals surface area contributed by atoms with Crippen LogP contribution in [0.5, 0.6) is 0 Å². The molecule has 2 atom stereocenters. The fourth-order valence-electron chi connectivity index (χ4n) is 3.16. The maximum atomic E-state index is 14.4. The van der Waals surface area contributed by atoms with Crippen LogP contribution in [-0.2, 0) is 0 Å². The zero-order chi connectivity index (χ0) is 14.3. The van der Waals surface area contributed by atoms with E-state index in [0.29, 0.717) is 10.0 Å². The number of nitrogens with zero attached hydrogens (tertiary/aromatic N) is 2. The molecule has 0 amide bonds. The Balaban J connectivity index is 1.92. The van der Waals surface area contributed by atoms with Gasteiger partial charge in [0.15, 0.2) is 0 Å². The second-order valence-corrected chi connectivity index (χ2v) is 6.55. The van der Waals surface area contributed by atoms with E-state index < -0.39 is 5.82 Å². The van der Waals surface area contributed by atoms with E-state index in [4.69, 9.17) is 17.4 Å². The maximum absolute atomic E-state index is 14.4. The molecule has 3 aliphatic heterocycles. The number of benzene rings is 1. The lowest BCUT2D eigenvalue weighted by molar-refractivity contribution is -0.00419. The van der Waals surface area contributed by atoms with Gasteiger partial charge in [0.2, 0.25) is 0 Å². The first-order valence-corrected chi connectivity index (χ1v) is 7.85. The molecule has 0 saturated carbocycles. The summed E-state index contributed by atoms with van der Waals surface area (Å²) in [7, 11) is 0. The fourth-order valence-corrected chi connectivity index (χ4v) is 3.64. The van der Waals surface area contributed by atoms with Crippen molar-refractivity contribution < 1.29 is 4.39 Å². The van der Waals surface area contributed by atoms with E-state index >= 15 is 0 Å². The van der Waals surface area contributed by atoms with E-state index in [1.165, 1.54) is 0 Å². The summed E-state index contributed by atoms with van der Waals surface area (Å²) in [5, 5.41) is 0.110. The molecule has 3 N–H and O–H groups in total. The molecule has 7 heteroatoms. The molecular weight excluding hydrogens is 347 g/mol. The molecule has 0 aliphatic carbocycles. The number of nitrogens with two attached hydrogens (primary N) is 1. The predicted octanol–water partition coefficient (Wildman–Crippen LogP) is 1.75. The standard InChI is InChI=1S/C13H17BrClFN4/c14-9-2-1-8(12(16)11(9)15)13(18-17)10-7-19-3-5-20(10)6-4-19/h1-2,10,13,18H,3-7,17H2. The van der Waals surface area contributed by atoms with Gasteiger partial charge in [-0.25, -0.2) is 4.39 Å². The molecule has 1 aromatic rings. The Morgan fingerprint density at radius 2 is 2.05 bits per heavy atom. The van der Waals surface area contributed by atoms with Gasteiger partial charge in [-0.3, -0.25) is 21.1 Å². The van der Waals surface area contributed by atoms with Gasteiger partial charge < -0.3 is 0 Å². The quantitative estimate of drug-likeness (QED) is 0.488. The Morgan fingerprint density at radius 1 is 1.35 bits per heavy atom. The van der Waals surface area contributed by atoms with Gasteiger partial charge in [0, 0.05) is 48.8 Å². The van der Waals surface area contributed by atoms with Crippen LogP contribution in [0.2, 0.25) is 5.02 Å². The van der Waals surface area contributed by atoms with Crippen LogP contribution in [0.3, 0.4) is 0 Å². The molecule has 20 heavy (non-hydrogen) atoms. The zero-order valence-corrected chi connectivity index (χ0v) is 13.3. The van der Waals surface area contributed by atoms with Crippen LogP contribution in [0.4, 0.5) is 4.39 Å². The highest BCUT2D eigenvalue weighted by Crippen LogP contribution is 2.34. The third-order valence-corrected chi connectivity index (χ3v) is 5.54. The highest BCUT2D eigenvalue weighted by molar-refractivity contribution is 9.10. The number of hydrazine groups is 1. The number of fused-ring (bicyclic) bond motifs is 3. The van der Waals surface area contributed by atoms with Crippen molar-refractivity contribution in [2.24, 2.45) is 5.84 Å². The van der Waals surface area contributed by atoms with Crippen molar-refractivity contribution in [3.05, 3.63) is 33.0 Å². The summed E-state index contributed by atoms with van der Waals surface area (Å²) in [6.45, 7) is 5.08. The second-order valence-electron chi connectivity index (χ2n) is 5.31. The van der Waals surface area contributed by atoms with E-state index in [2.05, 4.69) is 31.2 Å². The normalized spacial score (nSPS) is 30.5. The first kappa shape index (κ1) is 14.7. The Morgan fingerprint density at radius 3 is 2.60 bits per heavy atom. The molecule has 2 bridgehead atoms. The number of nitrogens with one attached hydrogen (secondary N) is 1. The second kappa shape index (κ2) is 5.87. The molecule has 3 fully saturated rings. The summed E-state index contributed by atoms with van der Waals surface area (Å²) < 4.78 is 15.0. The molecule has 4 rings (SSSR count). The van der Waals surface area contributed by atoms with Crippen molar-refractivity contribution >= 4 is 27.5 Å². The lowest BCUT2D eigenvalue weighted by Gasteiger charge is -2.50. The first-order valence-electron chi connectivity index (χ1n) is 6.67. The lowest BCUT2D eigenvalue weighted by atomic mass is 9.94. The Bertz CT molecular complexity index is 507. The summed E-state index contributed by atoms with van der Waals surface area (Å²) in [4.78, 5) is 4.77. The number of hydrogen-bond donors (Lipinski definition) is 2. The summed E-state index contributed by atoms with van der Waals surface area (Å²) in [6, 6.07) is 3.43.